The number of ether oxygens (including phenoxy) is 2. The normalized spacial score (nSPS) is 16.9. The van der Waals surface area contributed by atoms with Crippen molar-refractivity contribution in [3.63, 3.8) is 0 Å². The molecule has 3 rings (SSSR count). The maximum absolute atomic E-state index is 12.1. The lowest BCUT2D eigenvalue weighted by Crippen LogP contribution is -2.41. The van der Waals surface area contributed by atoms with Crippen LogP contribution in [0.25, 0.3) is 0 Å². The Bertz CT molecular complexity index is 582. The minimum atomic E-state index is -0.365. The Balaban J connectivity index is 1.46. The van der Waals surface area contributed by atoms with Crippen LogP contribution in [0, 0.1) is 5.92 Å². The molecule has 1 aromatic carbocycles. The van der Waals surface area contributed by atoms with Crippen LogP contribution < -0.4 is 20.3 Å². The number of carbonyl (C=O) groups excluding carboxylic acids is 2. The van der Waals surface area contributed by atoms with Crippen molar-refractivity contribution in [2.75, 3.05) is 13.2 Å². The molecule has 0 atom stereocenters. The van der Waals surface area contributed by atoms with Crippen molar-refractivity contribution in [2.45, 2.75) is 38.5 Å². The highest BCUT2D eigenvalue weighted by Gasteiger charge is 2.17. The molecule has 0 aromatic heterocycles. The third kappa shape index (κ3) is 4.15. The van der Waals surface area contributed by atoms with Gasteiger partial charge in [0.25, 0.3) is 5.91 Å². The molecule has 2 N–H and O–H groups in total. The van der Waals surface area contributed by atoms with E-state index in [1.165, 1.54) is 25.7 Å². The first-order chi connectivity index (χ1) is 11.2. The van der Waals surface area contributed by atoms with Crippen LogP contribution in [-0.4, -0.2) is 25.0 Å². The van der Waals surface area contributed by atoms with Crippen LogP contribution in [0.3, 0.4) is 0 Å². The van der Waals surface area contributed by atoms with Crippen molar-refractivity contribution >= 4 is 11.8 Å². The number of hydrogen-bond acceptors (Lipinski definition) is 4. The van der Waals surface area contributed by atoms with E-state index in [0.717, 1.165) is 6.42 Å². The molecule has 0 spiro atoms. The zero-order valence-electron chi connectivity index (χ0n) is 13.1. The minimum Gasteiger partial charge on any atom is -0.486 e. The van der Waals surface area contributed by atoms with E-state index in [4.69, 9.17) is 9.47 Å². The third-order valence-electron chi connectivity index (χ3n) is 4.37. The molecule has 1 aliphatic carbocycles. The predicted molar refractivity (Wildman–Crippen MR) is 84.2 cm³/mol. The van der Waals surface area contributed by atoms with Crippen LogP contribution in [0.5, 0.6) is 11.5 Å². The number of fused-ring (bicyclic) bond motifs is 1. The number of nitrogens with one attached hydrogen (secondary N) is 2. The number of carbonyl (C=O) groups is 2. The van der Waals surface area contributed by atoms with Crippen LogP contribution in [0.1, 0.15) is 48.9 Å². The van der Waals surface area contributed by atoms with Gasteiger partial charge in [-0.2, -0.15) is 0 Å². The summed E-state index contributed by atoms with van der Waals surface area (Å²) in [5, 5.41) is 0. The first kappa shape index (κ1) is 15.6. The summed E-state index contributed by atoms with van der Waals surface area (Å²) in [6.07, 6.45) is 6.33. The van der Waals surface area contributed by atoms with Crippen LogP contribution in [0.2, 0.25) is 0 Å². The molecule has 0 radical (unpaired) electrons. The SMILES string of the molecule is O=C(CCC1CCCC1)NNC(=O)c1ccc2c(c1)OCCO2. The molecular formula is C17H22N2O4. The van der Waals surface area contributed by atoms with Gasteiger partial charge < -0.3 is 9.47 Å². The molecule has 2 aliphatic rings. The molecule has 6 nitrogen and oxygen atoms in total. The molecular weight excluding hydrogens is 296 g/mol. The molecule has 6 heteroatoms. The lowest BCUT2D eigenvalue weighted by atomic mass is 10.0. The fraction of sp³-hybridized carbons (Fsp3) is 0.529. The first-order valence-electron chi connectivity index (χ1n) is 8.21. The molecule has 23 heavy (non-hydrogen) atoms. The first-order valence-corrected chi connectivity index (χ1v) is 8.21. The van der Waals surface area contributed by atoms with E-state index in [9.17, 15) is 9.59 Å². The highest BCUT2D eigenvalue weighted by molar-refractivity contribution is 5.96. The molecule has 2 amide bonds. The number of benzene rings is 1. The summed E-state index contributed by atoms with van der Waals surface area (Å²) in [6, 6.07) is 4.97. The van der Waals surface area contributed by atoms with E-state index in [0.29, 0.717) is 42.6 Å². The average molecular weight is 318 g/mol. The summed E-state index contributed by atoms with van der Waals surface area (Å²) in [7, 11) is 0. The van der Waals surface area contributed by atoms with E-state index in [-0.39, 0.29) is 11.8 Å². The van der Waals surface area contributed by atoms with Crippen molar-refractivity contribution in [1.29, 1.82) is 0 Å². The average Bonchev–Trinajstić information content (AvgIpc) is 3.11. The largest absolute Gasteiger partial charge is 0.486 e. The summed E-state index contributed by atoms with van der Waals surface area (Å²) in [6.45, 7) is 0.978. The van der Waals surface area contributed by atoms with Gasteiger partial charge in [0.15, 0.2) is 11.5 Å². The Morgan fingerprint density at radius 1 is 1.04 bits per heavy atom. The van der Waals surface area contributed by atoms with Gasteiger partial charge in [-0.3, -0.25) is 20.4 Å². The zero-order valence-corrected chi connectivity index (χ0v) is 13.1. The summed E-state index contributed by atoms with van der Waals surface area (Å²) < 4.78 is 10.9. The predicted octanol–water partition coefficient (Wildman–Crippen LogP) is 2.19. The highest BCUT2D eigenvalue weighted by atomic mass is 16.6. The van der Waals surface area contributed by atoms with Gasteiger partial charge in [0, 0.05) is 12.0 Å². The van der Waals surface area contributed by atoms with Gasteiger partial charge in [0.05, 0.1) is 0 Å². The second-order valence-electron chi connectivity index (χ2n) is 6.05. The van der Waals surface area contributed by atoms with E-state index in [1.807, 2.05) is 0 Å². The van der Waals surface area contributed by atoms with Gasteiger partial charge in [-0.1, -0.05) is 25.7 Å². The van der Waals surface area contributed by atoms with E-state index < -0.39 is 0 Å². The number of hydrazine groups is 1. The summed E-state index contributed by atoms with van der Waals surface area (Å²) >= 11 is 0. The Kier molecular flexibility index (Phi) is 5.00. The molecule has 1 aliphatic heterocycles. The quantitative estimate of drug-likeness (QED) is 0.834. The molecule has 0 bridgehead atoms. The van der Waals surface area contributed by atoms with Crippen molar-refractivity contribution in [2.24, 2.45) is 5.92 Å². The molecule has 1 aromatic rings. The maximum atomic E-state index is 12.1. The van der Waals surface area contributed by atoms with Crippen LogP contribution in [-0.2, 0) is 4.79 Å². The zero-order chi connectivity index (χ0) is 16.1. The van der Waals surface area contributed by atoms with Crippen molar-refractivity contribution in [3.05, 3.63) is 23.8 Å². The highest BCUT2D eigenvalue weighted by Crippen LogP contribution is 2.30. The molecule has 0 unspecified atom stereocenters. The minimum absolute atomic E-state index is 0.150. The molecule has 1 fully saturated rings. The van der Waals surface area contributed by atoms with E-state index in [2.05, 4.69) is 10.9 Å². The Morgan fingerprint density at radius 2 is 1.78 bits per heavy atom. The lowest BCUT2D eigenvalue weighted by molar-refractivity contribution is -0.122. The Hall–Kier alpha value is -2.24. The van der Waals surface area contributed by atoms with Crippen LogP contribution in [0.4, 0.5) is 0 Å². The monoisotopic (exact) mass is 318 g/mol. The van der Waals surface area contributed by atoms with Gasteiger partial charge in [-0.15, -0.1) is 0 Å². The van der Waals surface area contributed by atoms with Gasteiger partial charge in [0.2, 0.25) is 5.91 Å². The van der Waals surface area contributed by atoms with Crippen LogP contribution >= 0.6 is 0 Å². The topological polar surface area (TPSA) is 76.7 Å². The Labute approximate surface area is 135 Å². The lowest BCUT2D eigenvalue weighted by Gasteiger charge is -2.18. The fourth-order valence-electron chi connectivity index (χ4n) is 3.08. The number of amides is 2. The van der Waals surface area contributed by atoms with Crippen LogP contribution in [0.15, 0.2) is 18.2 Å². The fourth-order valence-corrected chi connectivity index (χ4v) is 3.08. The van der Waals surface area contributed by atoms with Gasteiger partial charge in [0.1, 0.15) is 13.2 Å². The van der Waals surface area contributed by atoms with Gasteiger partial charge in [-0.25, -0.2) is 0 Å². The van der Waals surface area contributed by atoms with E-state index >= 15 is 0 Å². The summed E-state index contributed by atoms with van der Waals surface area (Å²) in [5.74, 6) is 1.33. The van der Waals surface area contributed by atoms with E-state index in [1.54, 1.807) is 18.2 Å². The van der Waals surface area contributed by atoms with Crippen molar-refractivity contribution < 1.29 is 19.1 Å². The van der Waals surface area contributed by atoms with Crippen molar-refractivity contribution in [1.82, 2.24) is 10.9 Å². The second-order valence-corrected chi connectivity index (χ2v) is 6.05. The standard InChI is InChI=1S/C17H22N2O4/c20-16(8-5-12-3-1-2-4-12)18-19-17(21)13-6-7-14-15(11-13)23-10-9-22-14/h6-7,11-12H,1-5,8-10H2,(H,18,20)(H,19,21). The van der Waals surface area contributed by atoms with Gasteiger partial charge in [-0.05, 0) is 30.5 Å². The number of rotatable bonds is 4. The summed E-state index contributed by atoms with van der Waals surface area (Å²) in [5.41, 5.74) is 5.34. The smallest absolute Gasteiger partial charge is 0.269 e. The molecule has 1 heterocycles. The molecule has 1 saturated carbocycles. The maximum Gasteiger partial charge on any atom is 0.269 e. The molecule has 124 valence electrons. The number of hydrogen-bond donors (Lipinski definition) is 2. The van der Waals surface area contributed by atoms with Crippen molar-refractivity contribution in [3.8, 4) is 11.5 Å². The molecule has 0 saturated heterocycles. The second kappa shape index (κ2) is 7.35. The Morgan fingerprint density at radius 3 is 2.57 bits per heavy atom. The summed E-state index contributed by atoms with van der Waals surface area (Å²) in [4.78, 5) is 23.9. The third-order valence-corrected chi connectivity index (χ3v) is 4.37. The van der Waals surface area contributed by atoms with Gasteiger partial charge >= 0.3 is 0 Å².